The summed E-state index contributed by atoms with van der Waals surface area (Å²) in [5.41, 5.74) is 0.571. The zero-order valence-electron chi connectivity index (χ0n) is 9.60. The Hall–Kier alpha value is -2.10. The molecule has 1 heterocycles. The van der Waals surface area contributed by atoms with Gasteiger partial charge >= 0.3 is 5.97 Å². The van der Waals surface area contributed by atoms with E-state index in [4.69, 9.17) is 5.11 Å². The first-order valence-corrected chi connectivity index (χ1v) is 5.34. The van der Waals surface area contributed by atoms with Crippen LogP contribution in [0.4, 0.5) is 0 Å². The van der Waals surface area contributed by atoms with Crippen molar-refractivity contribution in [1.82, 2.24) is 4.98 Å². The van der Waals surface area contributed by atoms with Crippen molar-refractivity contribution in [2.24, 2.45) is 0 Å². The van der Waals surface area contributed by atoms with Crippen LogP contribution in [0.15, 0.2) is 24.3 Å². The lowest BCUT2D eigenvalue weighted by atomic mass is 10.0. The van der Waals surface area contributed by atoms with Crippen LogP contribution in [0.25, 0.3) is 10.8 Å². The molecule has 1 aromatic carbocycles. The monoisotopic (exact) mass is 230 g/mol. The Labute approximate surface area is 98.5 Å². The highest BCUT2D eigenvalue weighted by Gasteiger charge is 2.13. The predicted molar refractivity (Wildman–Crippen MR) is 62.2 cm³/mol. The minimum absolute atomic E-state index is 0.0519. The lowest BCUT2D eigenvalue weighted by Gasteiger charge is -2.14. The largest absolute Gasteiger partial charge is 0.872 e. The number of hydrogen-bond donors (Lipinski definition) is 1. The Morgan fingerprint density at radius 1 is 1.35 bits per heavy atom. The van der Waals surface area contributed by atoms with E-state index in [1.54, 1.807) is 18.2 Å². The zero-order valence-corrected chi connectivity index (χ0v) is 9.60. The molecule has 0 spiro atoms. The van der Waals surface area contributed by atoms with Gasteiger partial charge in [0.15, 0.2) is 5.69 Å². The van der Waals surface area contributed by atoms with Crippen LogP contribution in [0.5, 0.6) is 5.75 Å². The summed E-state index contributed by atoms with van der Waals surface area (Å²) in [5.74, 6) is -1.20. The summed E-state index contributed by atoms with van der Waals surface area (Å²) in [7, 11) is 0. The molecule has 0 saturated heterocycles. The van der Waals surface area contributed by atoms with E-state index in [9.17, 15) is 9.90 Å². The Kier molecular flexibility index (Phi) is 2.71. The molecule has 1 N–H and O–H groups in total. The van der Waals surface area contributed by atoms with Gasteiger partial charge in [-0.3, -0.25) is 0 Å². The zero-order chi connectivity index (χ0) is 12.6. The molecule has 0 aliphatic heterocycles. The maximum atomic E-state index is 11.7. The second kappa shape index (κ2) is 4.05. The Morgan fingerprint density at radius 3 is 2.65 bits per heavy atom. The number of carbonyl (C=O) groups is 1. The van der Waals surface area contributed by atoms with Crippen molar-refractivity contribution in [3.05, 3.63) is 35.7 Å². The van der Waals surface area contributed by atoms with E-state index in [0.29, 0.717) is 16.5 Å². The van der Waals surface area contributed by atoms with Crippen LogP contribution >= 0.6 is 0 Å². The maximum Gasteiger partial charge on any atom is 0.355 e. The third-order valence-corrected chi connectivity index (χ3v) is 2.65. The van der Waals surface area contributed by atoms with Crippen LogP contribution in [0.2, 0.25) is 0 Å². The van der Waals surface area contributed by atoms with Gasteiger partial charge in [0.25, 0.3) is 0 Å². The Morgan fingerprint density at radius 2 is 2.06 bits per heavy atom. The molecule has 2 aromatic rings. The number of aromatic nitrogens is 1. The molecular formula is C13H12NO3-. The third kappa shape index (κ3) is 1.93. The van der Waals surface area contributed by atoms with E-state index in [1.165, 1.54) is 6.07 Å². The first-order chi connectivity index (χ1) is 8.00. The van der Waals surface area contributed by atoms with Gasteiger partial charge in [-0.25, -0.2) is 9.78 Å². The maximum absolute atomic E-state index is 11.7. The average molecular weight is 230 g/mol. The highest BCUT2D eigenvalue weighted by molar-refractivity contribution is 6.03. The summed E-state index contributed by atoms with van der Waals surface area (Å²) >= 11 is 0. The van der Waals surface area contributed by atoms with Gasteiger partial charge in [0.2, 0.25) is 0 Å². The highest BCUT2D eigenvalue weighted by Crippen LogP contribution is 2.27. The van der Waals surface area contributed by atoms with Gasteiger partial charge in [-0.05, 0) is 17.4 Å². The molecule has 88 valence electrons. The van der Waals surface area contributed by atoms with E-state index < -0.39 is 5.97 Å². The first-order valence-electron chi connectivity index (χ1n) is 5.34. The van der Waals surface area contributed by atoms with Crippen molar-refractivity contribution in [2.75, 3.05) is 0 Å². The van der Waals surface area contributed by atoms with Crippen LogP contribution in [-0.4, -0.2) is 16.1 Å². The van der Waals surface area contributed by atoms with Crippen molar-refractivity contribution in [3.8, 4) is 5.75 Å². The third-order valence-electron chi connectivity index (χ3n) is 2.65. The number of fused-ring (bicyclic) bond motifs is 1. The summed E-state index contributed by atoms with van der Waals surface area (Å²) in [4.78, 5) is 15.2. The van der Waals surface area contributed by atoms with Crippen LogP contribution in [0.3, 0.4) is 0 Å². The molecule has 0 aliphatic carbocycles. The Bertz CT molecular complexity index is 590. The number of benzene rings is 1. The van der Waals surface area contributed by atoms with Crippen LogP contribution in [0, 0.1) is 0 Å². The quantitative estimate of drug-likeness (QED) is 0.857. The number of nitrogens with zero attached hydrogens (tertiary/aromatic N) is 1. The lowest BCUT2D eigenvalue weighted by Crippen LogP contribution is -2.06. The average Bonchev–Trinajstić information content (AvgIpc) is 2.28. The smallest absolute Gasteiger partial charge is 0.355 e. The lowest BCUT2D eigenvalue weighted by molar-refractivity contribution is -0.265. The molecule has 0 atom stereocenters. The minimum Gasteiger partial charge on any atom is -0.872 e. The van der Waals surface area contributed by atoms with E-state index in [2.05, 4.69) is 4.98 Å². The van der Waals surface area contributed by atoms with Gasteiger partial charge in [-0.15, -0.1) is 5.75 Å². The van der Waals surface area contributed by atoms with Gasteiger partial charge in [0.05, 0.1) is 0 Å². The number of pyridine rings is 1. The van der Waals surface area contributed by atoms with E-state index in [0.717, 1.165) is 0 Å². The number of aromatic carboxylic acids is 1. The van der Waals surface area contributed by atoms with Crippen molar-refractivity contribution in [3.63, 3.8) is 0 Å². The molecular weight excluding hydrogens is 218 g/mol. The van der Waals surface area contributed by atoms with Gasteiger partial charge in [-0.2, -0.15) is 0 Å². The van der Waals surface area contributed by atoms with Crippen LogP contribution in [-0.2, 0) is 0 Å². The minimum atomic E-state index is -1.11. The number of hydrogen-bond acceptors (Lipinski definition) is 3. The molecule has 0 amide bonds. The topological polar surface area (TPSA) is 73.2 Å². The molecule has 0 fully saturated rings. The number of rotatable bonds is 2. The van der Waals surface area contributed by atoms with Crippen molar-refractivity contribution in [1.29, 1.82) is 0 Å². The van der Waals surface area contributed by atoms with E-state index in [1.807, 2.05) is 13.8 Å². The fourth-order valence-corrected chi connectivity index (χ4v) is 1.73. The summed E-state index contributed by atoms with van der Waals surface area (Å²) in [6.07, 6.45) is 0. The molecule has 17 heavy (non-hydrogen) atoms. The molecule has 4 nitrogen and oxygen atoms in total. The molecule has 4 heteroatoms. The fraction of sp³-hybridized carbons (Fsp3) is 0.231. The number of carboxylic acids is 1. The van der Waals surface area contributed by atoms with Gasteiger partial charge in [0, 0.05) is 11.1 Å². The predicted octanol–water partition coefficient (Wildman–Crippen LogP) is 2.13. The molecule has 0 bridgehead atoms. The molecule has 0 saturated carbocycles. The highest BCUT2D eigenvalue weighted by atomic mass is 16.4. The second-order valence-electron chi connectivity index (χ2n) is 4.21. The summed E-state index contributed by atoms with van der Waals surface area (Å²) in [5, 5.41) is 21.6. The normalized spacial score (nSPS) is 11.0. The second-order valence-corrected chi connectivity index (χ2v) is 4.21. The SMILES string of the molecule is CC(C)c1cc2c([O-])cccc2c(C(=O)O)n1. The molecule has 0 aliphatic rings. The van der Waals surface area contributed by atoms with Crippen molar-refractivity contribution < 1.29 is 15.0 Å². The van der Waals surface area contributed by atoms with Crippen molar-refractivity contribution >= 4 is 16.7 Å². The molecule has 0 unspecified atom stereocenters. The standard InChI is InChI=1S/C13H13NO3/c1-7(2)10-6-9-8(4-3-5-11(9)15)12(14-10)13(16)17/h3-7,15H,1-2H3,(H,16,17)/p-1. The molecule has 0 radical (unpaired) electrons. The summed E-state index contributed by atoms with van der Waals surface area (Å²) in [6, 6.07) is 6.26. The van der Waals surface area contributed by atoms with Crippen LogP contribution in [0.1, 0.15) is 35.9 Å². The Balaban J connectivity index is 2.86. The van der Waals surface area contributed by atoms with Crippen molar-refractivity contribution in [2.45, 2.75) is 19.8 Å². The van der Waals surface area contributed by atoms with E-state index >= 15 is 0 Å². The van der Waals surface area contributed by atoms with E-state index in [-0.39, 0.29) is 17.4 Å². The first kappa shape index (κ1) is 11.4. The summed E-state index contributed by atoms with van der Waals surface area (Å²) < 4.78 is 0. The van der Waals surface area contributed by atoms with Crippen LogP contribution < -0.4 is 5.11 Å². The number of carboxylic acid groups (broad SMARTS) is 1. The summed E-state index contributed by atoms with van der Waals surface area (Å²) in [6.45, 7) is 3.82. The fourth-order valence-electron chi connectivity index (χ4n) is 1.73. The van der Waals surface area contributed by atoms with Gasteiger partial charge in [0.1, 0.15) is 0 Å². The molecule has 1 aromatic heterocycles. The molecule has 2 rings (SSSR count). The van der Waals surface area contributed by atoms with Gasteiger partial charge < -0.3 is 10.2 Å². The van der Waals surface area contributed by atoms with Gasteiger partial charge in [-0.1, -0.05) is 32.0 Å².